The molecule has 0 unspecified atom stereocenters. The van der Waals surface area contributed by atoms with Crippen molar-refractivity contribution in [1.82, 2.24) is 4.98 Å². The third-order valence-electron chi connectivity index (χ3n) is 3.28. The number of aromatic nitrogens is 1. The van der Waals surface area contributed by atoms with Crippen molar-refractivity contribution < 1.29 is 0 Å². The van der Waals surface area contributed by atoms with Gasteiger partial charge in [0.1, 0.15) is 11.8 Å². The highest BCUT2D eigenvalue weighted by molar-refractivity contribution is 5.67. The van der Waals surface area contributed by atoms with Crippen molar-refractivity contribution in [2.75, 3.05) is 11.4 Å². The summed E-state index contributed by atoms with van der Waals surface area (Å²) in [5.41, 5.74) is 4.16. The van der Waals surface area contributed by atoms with Crippen LogP contribution in [-0.4, -0.2) is 11.5 Å². The van der Waals surface area contributed by atoms with Crippen LogP contribution in [0.2, 0.25) is 0 Å². The maximum atomic E-state index is 8.77. The number of pyridine rings is 1. The fraction of sp³-hybridized carbons (Fsp3) is 0.200. The van der Waals surface area contributed by atoms with Gasteiger partial charge < -0.3 is 4.90 Å². The summed E-state index contributed by atoms with van der Waals surface area (Å²) in [5.74, 6) is 0. The summed E-state index contributed by atoms with van der Waals surface area (Å²) in [6.45, 7) is 1.00. The summed E-state index contributed by atoms with van der Waals surface area (Å²) in [6, 6.07) is 14.3. The molecule has 2 heterocycles. The molecule has 0 saturated heterocycles. The summed E-state index contributed by atoms with van der Waals surface area (Å²) in [6.07, 6.45) is 4.06. The number of fused-ring (bicyclic) bond motifs is 1. The Labute approximate surface area is 106 Å². The third kappa shape index (κ3) is 1.82. The molecule has 0 spiro atoms. The second-order valence-corrected chi connectivity index (χ2v) is 4.40. The van der Waals surface area contributed by atoms with E-state index in [4.69, 9.17) is 5.26 Å². The second kappa shape index (κ2) is 4.50. The summed E-state index contributed by atoms with van der Waals surface area (Å²) in [7, 11) is 0. The van der Waals surface area contributed by atoms with Crippen LogP contribution >= 0.6 is 0 Å². The molecule has 0 fully saturated rings. The summed E-state index contributed by atoms with van der Waals surface area (Å²) in [4.78, 5) is 6.41. The van der Waals surface area contributed by atoms with Crippen LogP contribution in [0.3, 0.4) is 0 Å². The van der Waals surface area contributed by atoms with Gasteiger partial charge >= 0.3 is 0 Å². The highest BCUT2D eigenvalue weighted by Gasteiger charge is 2.17. The van der Waals surface area contributed by atoms with E-state index >= 15 is 0 Å². The van der Waals surface area contributed by atoms with Gasteiger partial charge in [-0.3, -0.25) is 0 Å². The van der Waals surface area contributed by atoms with E-state index in [2.05, 4.69) is 34.1 Å². The maximum Gasteiger partial charge on any atom is 0.140 e. The summed E-state index contributed by atoms with van der Waals surface area (Å²) in [5, 5.41) is 8.77. The summed E-state index contributed by atoms with van der Waals surface area (Å²) < 4.78 is 0. The van der Waals surface area contributed by atoms with Gasteiger partial charge in [-0.25, -0.2) is 4.98 Å². The monoisotopic (exact) mass is 235 g/mol. The Morgan fingerprint density at radius 3 is 2.83 bits per heavy atom. The lowest BCUT2D eigenvalue weighted by molar-refractivity contribution is 0.765. The van der Waals surface area contributed by atoms with Crippen molar-refractivity contribution in [3.8, 4) is 6.07 Å². The van der Waals surface area contributed by atoms with E-state index in [9.17, 15) is 0 Å². The fourth-order valence-corrected chi connectivity index (χ4v) is 2.41. The van der Waals surface area contributed by atoms with Gasteiger partial charge in [-0.15, -0.1) is 0 Å². The quantitative estimate of drug-likeness (QED) is 0.762. The minimum atomic E-state index is 0.462. The molecule has 0 atom stereocenters. The normalized spacial score (nSPS) is 13.8. The summed E-state index contributed by atoms with van der Waals surface area (Å²) >= 11 is 0. The molecule has 0 aliphatic carbocycles. The predicted molar refractivity (Wildman–Crippen MR) is 70.7 cm³/mol. The van der Waals surface area contributed by atoms with Gasteiger partial charge in [0.15, 0.2) is 0 Å². The largest absolute Gasteiger partial charge is 0.340 e. The van der Waals surface area contributed by atoms with Crippen LogP contribution in [0, 0.1) is 11.3 Å². The molecule has 1 aliphatic rings. The first-order valence-electron chi connectivity index (χ1n) is 6.10. The number of hydrogen-bond donors (Lipinski definition) is 0. The van der Waals surface area contributed by atoms with Crippen LogP contribution in [0.4, 0.5) is 11.4 Å². The molecule has 1 aromatic heterocycles. The number of nitriles is 1. The lowest BCUT2D eigenvalue weighted by atomic mass is 10.0. The Kier molecular flexibility index (Phi) is 2.70. The van der Waals surface area contributed by atoms with Crippen molar-refractivity contribution in [2.45, 2.75) is 12.8 Å². The Balaban J connectivity index is 2.00. The van der Waals surface area contributed by atoms with Gasteiger partial charge in [0.25, 0.3) is 0 Å². The molecule has 18 heavy (non-hydrogen) atoms. The first-order chi connectivity index (χ1) is 8.88. The first-order valence-corrected chi connectivity index (χ1v) is 6.10. The predicted octanol–water partition coefficient (Wildman–Crippen LogP) is 3.04. The fourth-order valence-electron chi connectivity index (χ4n) is 2.41. The average molecular weight is 235 g/mol. The Morgan fingerprint density at radius 1 is 1.17 bits per heavy atom. The molecule has 3 rings (SSSR count). The van der Waals surface area contributed by atoms with Crippen LogP contribution in [0.1, 0.15) is 17.7 Å². The van der Waals surface area contributed by atoms with E-state index in [1.54, 1.807) is 12.3 Å². The van der Waals surface area contributed by atoms with Crippen molar-refractivity contribution >= 4 is 11.4 Å². The molecule has 3 nitrogen and oxygen atoms in total. The molecule has 2 aromatic rings. The highest BCUT2D eigenvalue weighted by atomic mass is 15.1. The molecule has 3 heteroatoms. The standard InChI is InChI=1S/C15H13N3/c16-10-13-7-8-14(11-17-13)18-9-3-5-12-4-1-2-6-15(12)18/h1-2,4,6-8,11H,3,5,9H2. The van der Waals surface area contributed by atoms with Gasteiger partial charge in [0, 0.05) is 12.2 Å². The van der Waals surface area contributed by atoms with Crippen molar-refractivity contribution in [3.05, 3.63) is 53.9 Å². The molecule has 88 valence electrons. The number of aryl methyl sites for hydroxylation is 1. The topological polar surface area (TPSA) is 39.9 Å². The number of para-hydroxylation sites is 1. The van der Waals surface area contributed by atoms with Gasteiger partial charge in [-0.05, 0) is 36.6 Å². The smallest absolute Gasteiger partial charge is 0.140 e. The minimum Gasteiger partial charge on any atom is -0.340 e. The van der Waals surface area contributed by atoms with E-state index in [1.807, 2.05) is 12.1 Å². The maximum absolute atomic E-state index is 8.77. The SMILES string of the molecule is N#Cc1ccc(N2CCCc3ccccc32)cn1. The van der Waals surface area contributed by atoms with Crippen LogP contribution in [-0.2, 0) is 6.42 Å². The Hall–Kier alpha value is -2.34. The number of rotatable bonds is 1. The Bertz CT molecular complexity index is 596. The molecular weight excluding hydrogens is 222 g/mol. The van der Waals surface area contributed by atoms with Gasteiger partial charge in [0.2, 0.25) is 0 Å². The molecule has 0 saturated carbocycles. The number of hydrogen-bond acceptors (Lipinski definition) is 3. The molecule has 1 aliphatic heterocycles. The zero-order valence-corrected chi connectivity index (χ0v) is 10.0. The first kappa shape index (κ1) is 10.8. The minimum absolute atomic E-state index is 0.462. The van der Waals surface area contributed by atoms with E-state index in [1.165, 1.54) is 11.3 Å². The van der Waals surface area contributed by atoms with E-state index in [0.717, 1.165) is 25.1 Å². The van der Waals surface area contributed by atoms with E-state index in [-0.39, 0.29) is 0 Å². The lowest BCUT2D eigenvalue weighted by Crippen LogP contribution is -2.24. The molecule has 0 radical (unpaired) electrons. The van der Waals surface area contributed by atoms with Crippen molar-refractivity contribution in [2.24, 2.45) is 0 Å². The van der Waals surface area contributed by atoms with Crippen molar-refractivity contribution in [1.29, 1.82) is 5.26 Å². The number of anilines is 2. The van der Waals surface area contributed by atoms with Gasteiger partial charge in [0.05, 0.1) is 11.9 Å². The molecule has 1 aromatic carbocycles. The van der Waals surface area contributed by atoms with Crippen LogP contribution in [0.25, 0.3) is 0 Å². The van der Waals surface area contributed by atoms with Crippen LogP contribution in [0.5, 0.6) is 0 Å². The third-order valence-corrected chi connectivity index (χ3v) is 3.28. The lowest BCUT2D eigenvalue weighted by Gasteiger charge is -2.31. The van der Waals surface area contributed by atoms with Crippen LogP contribution < -0.4 is 4.90 Å². The van der Waals surface area contributed by atoms with E-state index in [0.29, 0.717) is 5.69 Å². The van der Waals surface area contributed by atoms with E-state index < -0.39 is 0 Å². The highest BCUT2D eigenvalue weighted by Crippen LogP contribution is 2.32. The average Bonchev–Trinajstić information content (AvgIpc) is 2.47. The van der Waals surface area contributed by atoms with Crippen molar-refractivity contribution in [3.63, 3.8) is 0 Å². The molecular formula is C15H13N3. The number of nitrogens with zero attached hydrogens (tertiary/aromatic N) is 3. The zero-order valence-electron chi connectivity index (χ0n) is 10.0. The molecule has 0 amide bonds. The molecule has 0 bridgehead atoms. The van der Waals surface area contributed by atoms with Gasteiger partial charge in [-0.2, -0.15) is 5.26 Å². The Morgan fingerprint density at radius 2 is 2.06 bits per heavy atom. The van der Waals surface area contributed by atoms with Crippen LogP contribution in [0.15, 0.2) is 42.6 Å². The molecule has 0 N–H and O–H groups in total. The van der Waals surface area contributed by atoms with Gasteiger partial charge in [-0.1, -0.05) is 18.2 Å². The second-order valence-electron chi connectivity index (χ2n) is 4.40. The zero-order chi connectivity index (χ0) is 12.4. The number of benzene rings is 1.